The van der Waals surface area contributed by atoms with Crippen molar-refractivity contribution >= 4 is 34.5 Å². The Morgan fingerprint density at radius 3 is 2.48 bits per heavy atom. The van der Waals surface area contributed by atoms with Gasteiger partial charge in [-0.15, -0.1) is 11.3 Å². The first-order valence-corrected chi connectivity index (χ1v) is 10.4. The first kappa shape index (κ1) is 19.6. The monoisotopic (exact) mass is 398 g/mol. The molecule has 0 aliphatic rings. The first-order chi connectivity index (χ1) is 13.1. The summed E-state index contributed by atoms with van der Waals surface area (Å²) in [7, 11) is 0. The second-order valence-electron chi connectivity index (χ2n) is 6.42. The van der Waals surface area contributed by atoms with Gasteiger partial charge in [-0.05, 0) is 41.7 Å². The number of amides is 1. The Morgan fingerprint density at radius 2 is 1.81 bits per heavy atom. The SMILES string of the molecule is CCc1cccc(CC)c1NC(=O)Cc1csc(Cc2cccc(Cl)c2)n1. The van der Waals surface area contributed by atoms with E-state index in [1.54, 1.807) is 11.3 Å². The van der Waals surface area contributed by atoms with Crippen molar-refractivity contribution < 1.29 is 4.79 Å². The van der Waals surface area contributed by atoms with Crippen LogP contribution in [0.3, 0.4) is 0 Å². The second-order valence-corrected chi connectivity index (χ2v) is 7.80. The molecule has 1 N–H and O–H groups in total. The Morgan fingerprint density at radius 1 is 1.11 bits per heavy atom. The van der Waals surface area contributed by atoms with Crippen molar-refractivity contribution in [2.24, 2.45) is 0 Å². The molecule has 0 fully saturated rings. The minimum atomic E-state index is -0.0230. The van der Waals surface area contributed by atoms with Crippen LogP contribution < -0.4 is 5.32 Å². The zero-order chi connectivity index (χ0) is 19.2. The molecule has 0 saturated carbocycles. The molecule has 1 aromatic heterocycles. The molecule has 1 amide bonds. The van der Waals surface area contributed by atoms with Crippen molar-refractivity contribution in [3.05, 3.63) is 80.3 Å². The predicted molar refractivity (Wildman–Crippen MR) is 114 cm³/mol. The normalized spacial score (nSPS) is 10.8. The summed E-state index contributed by atoms with van der Waals surface area (Å²) in [6, 6.07) is 14.0. The summed E-state index contributed by atoms with van der Waals surface area (Å²) in [6.07, 6.45) is 2.80. The van der Waals surface area contributed by atoms with Gasteiger partial charge < -0.3 is 5.32 Å². The number of nitrogens with zero attached hydrogens (tertiary/aromatic N) is 1. The third kappa shape index (κ3) is 5.18. The minimum absolute atomic E-state index is 0.0230. The van der Waals surface area contributed by atoms with Gasteiger partial charge in [0.05, 0.1) is 17.1 Å². The van der Waals surface area contributed by atoms with Gasteiger partial charge in [0, 0.05) is 22.5 Å². The summed E-state index contributed by atoms with van der Waals surface area (Å²) in [5, 5.41) is 6.78. The number of aromatic nitrogens is 1. The fourth-order valence-electron chi connectivity index (χ4n) is 3.08. The van der Waals surface area contributed by atoms with Crippen molar-refractivity contribution in [3.8, 4) is 0 Å². The highest BCUT2D eigenvalue weighted by atomic mass is 35.5. The van der Waals surface area contributed by atoms with Gasteiger partial charge in [0.2, 0.25) is 5.91 Å². The molecule has 27 heavy (non-hydrogen) atoms. The zero-order valence-corrected chi connectivity index (χ0v) is 17.2. The smallest absolute Gasteiger partial charge is 0.230 e. The number of rotatable bonds is 7. The lowest BCUT2D eigenvalue weighted by molar-refractivity contribution is -0.115. The van der Waals surface area contributed by atoms with Crippen LogP contribution in [0, 0.1) is 0 Å². The van der Waals surface area contributed by atoms with E-state index in [2.05, 4.69) is 42.3 Å². The van der Waals surface area contributed by atoms with E-state index in [4.69, 9.17) is 11.6 Å². The van der Waals surface area contributed by atoms with Crippen LogP contribution in [0.2, 0.25) is 5.02 Å². The molecule has 0 bridgehead atoms. The number of aryl methyl sites for hydroxylation is 2. The lowest BCUT2D eigenvalue weighted by Crippen LogP contribution is -2.17. The van der Waals surface area contributed by atoms with Crippen LogP contribution in [-0.2, 0) is 30.5 Å². The van der Waals surface area contributed by atoms with E-state index in [-0.39, 0.29) is 12.3 Å². The zero-order valence-electron chi connectivity index (χ0n) is 15.6. The lowest BCUT2D eigenvalue weighted by Gasteiger charge is -2.14. The molecule has 0 aliphatic heterocycles. The second kappa shape index (κ2) is 9.16. The van der Waals surface area contributed by atoms with Gasteiger partial charge in [-0.1, -0.05) is 55.8 Å². The Kier molecular flexibility index (Phi) is 6.64. The molecule has 0 atom stereocenters. The molecule has 3 aromatic rings. The maximum absolute atomic E-state index is 12.6. The topological polar surface area (TPSA) is 42.0 Å². The van der Waals surface area contributed by atoms with Crippen LogP contribution in [0.5, 0.6) is 0 Å². The van der Waals surface area contributed by atoms with Gasteiger partial charge in [0.15, 0.2) is 0 Å². The highest BCUT2D eigenvalue weighted by molar-refractivity contribution is 7.09. The molecular formula is C22H23ClN2OS. The molecule has 0 aliphatic carbocycles. The average molecular weight is 399 g/mol. The van der Waals surface area contributed by atoms with Crippen molar-refractivity contribution in [1.29, 1.82) is 0 Å². The molecule has 5 heteroatoms. The van der Waals surface area contributed by atoms with E-state index in [9.17, 15) is 4.79 Å². The highest BCUT2D eigenvalue weighted by Crippen LogP contribution is 2.23. The summed E-state index contributed by atoms with van der Waals surface area (Å²) in [6.45, 7) is 4.21. The van der Waals surface area contributed by atoms with Gasteiger partial charge >= 0.3 is 0 Å². The van der Waals surface area contributed by atoms with Crippen molar-refractivity contribution in [2.75, 3.05) is 5.32 Å². The maximum atomic E-state index is 12.6. The Labute approximate surface area is 169 Å². The standard InChI is InChI=1S/C22H23ClN2OS/c1-3-16-8-6-9-17(4-2)22(16)25-20(26)13-19-14-27-21(24-19)12-15-7-5-10-18(23)11-15/h5-11,14H,3-4,12-13H2,1-2H3,(H,25,26). The number of halogens is 1. The summed E-state index contributed by atoms with van der Waals surface area (Å²) in [5.74, 6) is -0.0230. The van der Waals surface area contributed by atoms with Crippen LogP contribution in [-0.4, -0.2) is 10.9 Å². The fourth-order valence-corrected chi connectivity index (χ4v) is 4.13. The molecule has 0 radical (unpaired) electrons. The molecule has 3 rings (SSSR count). The van der Waals surface area contributed by atoms with Crippen LogP contribution >= 0.6 is 22.9 Å². The summed E-state index contributed by atoms with van der Waals surface area (Å²) in [5.41, 5.74) is 5.23. The van der Waals surface area contributed by atoms with Gasteiger partial charge in [0.1, 0.15) is 0 Å². The molecule has 1 heterocycles. The Bertz CT molecular complexity index is 913. The number of nitrogens with one attached hydrogen (secondary N) is 1. The van der Waals surface area contributed by atoms with Crippen molar-refractivity contribution in [3.63, 3.8) is 0 Å². The van der Waals surface area contributed by atoms with E-state index in [0.717, 1.165) is 46.2 Å². The van der Waals surface area contributed by atoms with Crippen molar-refractivity contribution in [1.82, 2.24) is 4.98 Å². The Balaban J connectivity index is 1.66. The van der Waals surface area contributed by atoms with E-state index >= 15 is 0 Å². The number of hydrogen-bond acceptors (Lipinski definition) is 3. The molecule has 3 nitrogen and oxygen atoms in total. The van der Waals surface area contributed by atoms with Gasteiger partial charge in [-0.25, -0.2) is 4.98 Å². The van der Waals surface area contributed by atoms with Crippen molar-refractivity contribution in [2.45, 2.75) is 39.5 Å². The molecule has 0 unspecified atom stereocenters. The third-order valence-electron chi connectivity index (χ3n) is 4.45. The largest absolute Gasteiger partial charge is 0.325 e. The number of benzene rings is 2. The van der Waals surface area contributed by atoms with Crippen LogP contribution in [0.25, 0.3) is 0 Å². The van der Waals surface area contributed by atoms with Crippen LogP contribution in [0.15, 0.2) is 47.8 Å². The minimum Gasteiger partial charge on any atom is -0.325 e. The number of hydrogen-bond donors (Lipinski definition) is 1. The van der Waals surface area contributed by atoms with E-state index < -0.39 is 0 Å². The lowest BCUT2D eigenvalue weighted by atomic mass is 10.0. The summed E-state index contributed by atoms with van der Waals surface area (Å²) >= 11 is 7.62. The number of thiazole rings is 1. The van der Waals surface area contributed by atoms with E-state index in [1.807, 2.05) is 29.6 Å². The van der Waals surface area contributed by atoms with Gasteiger partial charge in [-0.2, -0.15) is 0 Å². The quantitative estimate of drug-likeness (QED) is 0.555. The summed E-state index contributed by atoms with van der Waals surface area (Å²) < 4.78 is 0. The summed E-state index contributed by atoms with van der Waals surface area (Å²) in [4.78, 5) is 17.2. The van der Waals surface area contributed by atoms with E-state index in [0.29, 0.717) is 0 Å². The molecular weight excluding hydrogens is 376 g/mol. The molecule has 0 spiro atoms. The number of anilines is 1. The van der Waals surface area contributed by atoms with Crippen LogP contribution in [0.4, 0.5) is 5.69 Å². The fraction of sp³-hybridized carbons (Fsp3) is 0.273. The van der Waals surface area contributed by atoms with Crippen LogP contribution in [0.1, 0.15) is 41.2 Å². The number of carbonyl (C=O) groups is 1. The number of carbonyl (C=O) groups excluding carboxylic acids is 1. The number of para-hydroxylation sites is 1. The molecule has 0 saturated heterocycles. The first-order valence-electron chi connectivity index (χ1n) is 9.17. The highest BCUT2D eigenvalue weighted by Gasteiger charge is 2.12. The predicted octanol–water partition coefficient (Wildman–Crippen LogP) is 5.69. The Hall–Kier alpha value is -2.17. The average Bonchev–Trinajstić information content (AvgIpc) is 3.08. The van der Waals surface area contributed by atoms with E-state index in [1.165, 1.54) is 11.1 Å². The molecule has 2 aromatic carbocycles. The maximum Gasteiger partial charge on any atom is 0.230 e. The van der Waals surface area contributed by atoms with Gasteiger partial charge in [-0.3, -0.25) is 4.79 Å². The van der Waals surface area contributed by atoms with Gasteiger partial charge in [0.25, 0.3) is 0 Å². The third-order valence-corrected chi connectivity index (χ3v) is 5.58. The molecule has 140 valence electrons.